The Morgan fingerprint density at radius 1 is 1.08 bits per heavy atom. The van der Waals surface area contributed by atoms with Crippen LogP contribution in [0.25, 0.3) is 0 Å². The number of ether oxygens (including phenoxy) is 3. The van der Waals surface area contributed by atoms with Gasteiger partial charge in [-0.1, -0.05) is 0 Å². The molecule has 1 heterocycles. The summed E-state index contributed by atoms with van der Waals surface area (Å²) in [5.41, 5.74) is 0.702. The van der Waals surface area contributed by atoms with Crippen LogP contribution < -0.4 is 20.1 Å². The molecule has 0 unspecified atom stereocenters. The van der Waals surface area contributed by atoms with E-state index in [0.717, 1.165) is 25.7 Å². The topological polar surface area (TPSA) is 85.9 Å². The molecule has 0 spiro atoms. The van der Waals surface area contributed by atoms with Crippen LogP contribution in [-0.2, 0) is 14.3 Å². The first-order valence-corrected chi connectivity index (χ1v) is 8.64. The third kappa shape index (κ3) is 4.42. The van der Waals surface area contributed by atoms with Crippen molar-refractivity contribution < 1.29 is 23.8 Å². The predicted molar refractivity (Wildman–Crippen MR) is 91.5 cm³/mol. The van der Waals surface area contributed by atoms with Gasteiger partial charge in [-0.2, -0.15) is 0 Å². The highest BCUT2D eigenvalue weighted by molar-refractivity contribution is 5.93. The second-order valence-electron chi connectivity index (χ2n) is 6.39. The summed E-state index contributed by atoms with van der Waals surface area (Å²) in [6.07, 6.45) is 2.91. The summed E-state index contributed by atoms with van der Waals surface area (Å²) in [5, 5.41) is 5.81. The Balaban J connectivity index is 1.46. The van der Waals surface area contributed by atoms with Crippen molar-refractivity contribution in [2.24, 2.45) is 11.8 Å². The van der Waals surface area contributed by atoms with Crippen LogP contribution in [0.5, 0.6) is 11.5 Å². The van der Waals surface area contributed by atoms with E-state index < -0.39 is 0 Å². The zero-order chi connectivity index (χ0) is 17.6. The average Bonchev–Trinajstić information content (AvgIpc) is 3.09. The van der Waals surface area contributed by atoms with Crippen molar-refractivity contribution in [3.63, 3.8) is 0 Å². The number of nitrogens with one attached hydrogen (secondary N) is 2. The molecule has 1 aromatic carbocycles. The summed E-state index contributed by atoms with van der Waals surface area (Å²) < 4.78 is 15.5. The van der Waals surface area contributed by atoms with Gasteiger partial charge in [0.15, 0.2) is 11.5 Å². The molecular weight excluding hydrogens is 324 g/mol. The maximum absolute atomic E-state index is 12.5. The fraction of sp³-hybridized carbons (Fsp3) is 0.556. The van der Waals surface area contributed by atoms with Crippen LogP contribution in [0, 0.1) is 11.8 Å². The molecule has 2 amide bonds. The molecule has 1 aromatic rings. The van der Waals surface area contributed by atoms with Gasteiger partial charge in [0.1, 0.15) is 0 Å². The monoisotopic (exact) mass is 348 g/mol. The molecule has 25 heavy (non-hydrogen) atoms. The number of anilines is 1. The lowest BCUT2D eigenvalue weighted by molar-refractivity contribution is -0.128. The van der Waals surface area contributed by atoms with Crippen molar-refractivity contribution in [2.75, 3.05) is 32.4 Å². The largest absolute Gasteiger partial charge is 0.454 e. The first kappa shape index (κ1) is 17.5. The molecule has 2 aliphatic rings. The highest BCUT2D eigenvalue weighted by atomic mass is 16.7. The van der Waals surface area contributed by atoms with Crippen LogP contribution in [0.4, 0.5) is 5.69 Å². The van der Waals surface area contributed by atoms with E-state index in [1.54, 1.807) is 25.3 Å². The molecule has 0 bridgehead atoms. The second kappa shape index (κ2) is 8.20. The van der Waals surface area contributed by atoms with Crippen molar-refractivity contribution in [3.8, 4) is 11.5 Å². The molecule has 0 saturated heterocycles. The van der Waals surface area contributed by atoms with Gasteiger partial charge in [-0.15, -0.1) is 0 Å². The molecule has 1 aliphatic carbocycles. The molecule has 3 rings (SSSR count). The highest BCUT2D eigenvalue weighted by Crippen LogP contribution is 2.35. The molecule has 1 fully saturated rings. The molecule has 7 heteroatoms. The summed E-state index contributed by atoms with van der Waals surface area (Å²) in [4.78, 5) is 24.5. The highest BCUT2D eigenvalue weighted by Gasteiger charge is 2.30. The number of fused-ring (bicyclic) bond motifs is 1. The smallest absolute Gasteiger partial charge is 0.231 e. The van der Waals surface area contributed by atoms with Gasteiger partial charge in [-0.05, 0) is 37.8 Å². The normalized spacial score (nSPS) is 21.6. The van der Waals surface area contributed by atoms with E-state index >= 15 is 0 Å². The summed E-state index contributed by atoms with van der Waals surface area (Å²) in [6.45, 7) is 1.25. The quantitative estimate of drug-likeness (QED) is 0.767. The summed E-state index contributed by atoms with van der Waals surface area (Å²) in [7, 11) is 1.61. The van der Waals surface area contributed by atoms with Gasteiger partial charge in [-0.25, -0.2) is 0 Å². The lowest BCUT2D eigenvalue weighted by Gasteiger charge is -2.27. The maximum atomic E-state index is 12.5. The zero-order valence-corrected chi connectivity index (χ0v) is 14.4. The number of carbonyl (C=O) groups is 2. The van der Waals surface area contributed by atoms with E-state index in [2.05, 4.69) is 10.6 Å². The van der Waals surface area contributed by atoms with Gasteiger partial charge in [0, 0.05) is 37.2 Å². The lowest BCUT2D eigenvalue weighted by Crippen LogP contribution is -2.36. The van der Waals surface area contributed by atoms with Crippen molar-refractivity contribution in [2.45, 2.75) is 25.7 Å². The number of methoxy groups -OCH3 is 1. The maximum Gasteiger partial charge on any atom is 0.231 e. The number of hydrogen-bond acceptors (Lipinski definition) is 5. The molecule has 7 nitrogen and oxygen atoms in total. The molecular formula is C18H24N2O5. The predicted octanol–water partition coefficient (Wildman–Crippen LogP) is 1.92. The summed E-state index contributed by atoms with van der Waals surface area (Å²) in [6, 6.07) is 5.37. The molecule has 0 atom stereocenters. The zero-order valence-electron chi connectivity index (χ0n) is 14.4. The molecule has 2 N–H and O–H groups in total. The van der Waals surface area contributed by atoms with Crippen LogP contribution in [0.1, 0.15) is 25.7 Å². The van der Waals surface area contributed by atoms with Crippen LogP contribution in [0.15, 0.2) is 18.2 Å². The van der Waals surface area contributed by atoms with E-state index in [0.29, 0.717) is 30.3 Å². The summed E-state index contributed by atoms with van der Waals surface area (Å²) in [5.74, 6) is 1.33. The standard InChI is InChI=1S/C18H24N2O5/c1-23-9-8-19-17(21)12-2-4-13(5-3-12)18(22)20-14-6-7-15-16(10-14)25-11-24-15/h6-7,10,12-13H,2-5,8-9,11H2,1H3,(H,19,21)(H,20,22). The van der Waals surface area contributed by atoms with Crippen LogP contribution in [0.3, 0.4) is 0 Å². The van der Waals surface area contributed by atoms with Crippen LogP contribution >= 0.6 is 0 Å². The Bertz CT molecular complexity index is 626. The van der Waals surface area contributed by atoms with E-state index in [9.17, 15) is 9.59 Å². The van der Waals surface area contributed by atoms with Crippen molar-refractivity contribution in [1.82, 2.24) is 5.32 Å². The van der Waals surface area contributed by atoms with Gasteiger partial charge < -0.3 is 24.8 Å². The molecule has 1 saturated carbocycles. The van der Waals surface area contributed by atoms with Crippen LogP contribution in [0.2, 0.25) is 0 Å². The fourth-order valence-corrected chi connectivity index (χ4v) is 3.26. The number of amides is 2. The van der Waals surface area contributed by atoms with Gasteiger partial charge in [-0.3, -0.25) is 9.59 Å². The first-order valence-electron chi connectivity index (χ1n) is 8.64. The molecule has 0 aromatic heterocycles. The van der Waals surface area contributed by atoms with Crippen molar-refractivity contribution in [1.29, 1.82) is 0 Å². The van der Waals surface area contributed by atoms with Crippen molar-refractivity contribution >= 4 is 17.5 Å². The van der Waals surface area contributed by atoms with E-state index in [4.69, 9.17) is 14.2 Å². The number of rotatable bonds is 6. The van der Waals surface area contributed by atoms with E-state index in [1.165, 1.54) is 0 Å². The fourth-order valence-electron chi connectivity index (χ4n) is 3.26. The van der Waals surface area contributed by atoms with Gasteiger partial charge in [0.2, 0.25) is 18.6 Å². The van der Waals surface area contributed by atoms with E-state index in [1.807, 2.05) is 0 Å². The van der Waals surface area contributed by atoms with Gasteiger partial charge in [0.05, 0.1) is 6.61 Å². The Hall–Kier alpha value is -2.28. The summed E-state index contributed by atoms with van der Waals surface area (Å²) >= 11 is 0. The second-order valence-corrected chi connectivity index (χ2v) is 6.39. The Morgan fingerprint density at radius 3 is 2.48 bits per heavy atom. The minimum absolute atomic E-state index is 0.00268. The molecule has 0 radical (unpaired) electrons. The SMILES string of the molecule is COCCNC(=O)C1CCC(C(=O)Nc2ccc3c(c2)OCO3)CC1. The van der Waals surface area contributed by atoms with Crippen molar-refractivity contribution in [3.05, 3.63) is 18.2 Å². The van der Waals surface area contributed by atoms with Crippen LogP contribution in [-0.4, -0.2) is 38.9 Å². The Morgan fingerprint density at radius 2 is 1.76 bits per heavy atom. The number of carbonyl (C=O) groups excluding carboxylic acids is 2. The lowest BCUT2D eigenvalue weighted by atomic mass is 9.81. The molecule has 136 valence electrons. The Kier molecular flexibility index (Phi) is 5.75. The van der Waals surface area contributed by atoms with Gasteiger partial charge in [0.25, 0.3) is 0 Å². The van der Waals surface area contributed by atoms with Gasteiger partial charge >= 0.3 is 0 Å². The third-order valence-electron chi connectivity index (χ3n) is 4.71. The third-order valence-corrected chi connectivity index (χ3v) is 4.71. The van der Waals surface area contributed by atoms with E-state index in [-0.39, 0.29) is 30.4 Å². The first-order chi connectivity index (χ1) is 12.2. The Labute approximate surface area is 147 Å². The molecule has 1 aliphatic heterocycles. The minimum Gasteiger partial charge on any atom is -0.454 e. The minimum atomic E-state index is -0.0616. The number of hydrogen-bond donors (Lipinski definition) is 2. The number of benzene rings is 1. The average molecular weight is 348 g/mol.